The summed E-state index contributed by atoms with van der Waals surface area (Å²) in [5.74, 6) is -1.45. The number of carboxylic acids is 1. The Balaban J connectivity index is 3.07. The van der Waals surface area contributed by atoms with Crippen LogP contribution in [0.3, 0.4) is 0 Å². The summed E-state index contributed by atoms with van der Waals surface area (Å²) in [6.07, 6.45) is 22.3. The summed E-state index contributed by atoms with van der Waals surface area (Å²) in [5, 5.41) is 11.1. The molecule has 4 heteroatoms. The molecular weight excluding hydrogens is 326 g/mol. The van der Waals surface area contributed by atoms with Crippen LogP contribution in [0.1, 0.15) is 122 Å². The molecule has 0 saturated heterocycles. The zero-order valence-corrected chi connectivity index (χ0v) is 17.2. The van der Waals surface area contributed by atoms with Crippen LogP contribution in [0.4, 0.5) is 0 Å². The van der Waals surface area contributed by atoms with Crippen molar-refractivity contribution < 1.29 is 14.7 Å². The Bertz CT molecular complexity index is 331. The molecule has 0 rings (SSSR count). The predicted octanol–water partition coefficient (Wildman–Crippen LogP) is 6.23. The van der Waals surface area contributed by atoms with Crippen LogP contribution < -0.4 is 5.32 Å². The summed E-state index contributed by atoms with van der Waals surface area (Å²) in [4.78, 5) is 21.5. The number of unbranched alkanes of at least 4 members (excludes halogenated alkanes) is 16. The van der Waals surface area contributed by atoms with Gasteiger partial charge in [-0.3, -0.25) is 9.59 Å². The van der Waals surface area contributed by atoms with Crippen molar-refractivity contribution in [3.05, 3.63) is 0 Å². The highest BCUT2D eigenvalue weighted by Gasteiger charge is 2.05. The van der Waals surface area contributed by atoms with Crippen LogP contribution in [0.5, 0.6) is 0 Å². The topological polar surface area (TPSA) is 66.4 Å². The summed E-state index contributed by atoms with van der Waals surface area (Å²) >= 11 is 0. The molecule has 0 radical (unpaired) electrons. The summed E-state index contributed by atoms with van der Waals surface area (Å²) in [5.41, 5.74) is 0. The number of hydrogen-bond donors (Lipinski definition) is 2. The number of rotatable bonds is 20. The van der Waals surface area contributed by atoms with Gasteiger partial charge in [-0.2, -0.15) is 0 Å². The number of nitrogens with one attached hydrogen (secondary N) is 1. The van der Waals surface area contributed by atoms with Gasteiger partial charge in [0.05, 0.1) is 0 Å². The van der Waals surface area contributed by atoms with Gasteiger partial charge in [-0.05, 0) is 6.42 Å². The average molecular weight is 370 g/mol. The molecule has 0 aromatic heterocycles. The smallest absolute Gasteiger partial charge is 0.312 e. The minimum absolute atomic E-state index is 0.381. The Morgan fingerprint density at radius 2 is 0.962 bits per heavy atom. The van der Waals surface area contributed by atoms with Gasteiger partial charge in [0.25, 0.3) is 0 Å². The molecule has 2 N–H and O–H groups in total. The molecule has 1 amide bonds. The highest BCUT2D eigenvalue weighted by atomic mass is 16.4. The minimum Gasteiger partial charge on any atom is -0.481 e. The van der Waals surface area contributed by atoms with Crippen LogP contribution >= 0.6 is 0 Å². The third-order valence-corrected chi connectivity index (χ3v) is 4.91. The van der Waals surface area contributed by atoms with E-state index in [1.807, 2.05) is 0 Å². The fourth-order valence-electron chi connectivity index (χ4n) is 3.28. The van der Waals surface area contributed by atoms with E-state index in [0.717, 1.165) is 12.8 Å². The van der Waals surface area contributed by atoms with Gasteiger partial charge in [-0.1, -0.05) is 110 Å². The summed E-state index contributed by atoms with van der Waals surface area (Å²) in [7, 11) is 0. The number of carbonyl (C=O) groups is 2. The van der Waals surface area contributed by atoms with Crippen LogP contribution in [-0.2, 0) is 9.59 Å². The number of carboxylic acid groups (broad SMARTS) is 1. The monoisotopic (exact) mass is 369 g/mol. The van der Waals surface area contributed by atoms with Crippen molar-refractivity contribution in [1.82, 2.24) is 5.32 Å². The Morgan fingerprint density at radius 3 is 1.31 bits per heavy atom. The minimum atomic E-state index is -1.06. The molecule has 0 spiro atoms. The molecule has 0 aliphatic rings. The molecule has 0 fully saturated rings. The normalized spacial score (nSPS) is 10.8. The lowest BCUT2D eigenvalue weighted by Crippen LogP contribution is -2.26. The van der Waals surface area contributed by atoms with Crippen molar-refractivity contribution in [3.63, 3.8) is 0 Å². The number of hydrogen-bond acceptors (Lipinski definition) is 2. The Kier molecular flexibility index (Phi) is 19.4. The first-order chi connectivity index (χ1) is 12.7. The van der Waals surface area contributed by atoms with Gasteiger partial charge in [0.15, 0.2) is 0 Å². The lowest BCUT2D eigenvalue weighted by Gasteiger charge is -2.04. The third-order valence-electron chi connectivity index (χ3n) is 4.91. The van der Waals surface area contributed by atoms with Gasteiger partial charge in [-0.25, -0.2) is 0 Å². The van der Waals surface area contributed by atoms with Crippen molar-refractivity contribution in [3.8, 4) is 0 Å². The van der Waals surface area contributed by atoms with E-state index in [-0.39, 0.29) is 5.91 Å². The Morgan fingerprint density at radius 1 is 0.615 bits per heavy atom. The van der Waals surface area contributed by atoms with E-state index in [0.29, 0.717) is 6.54 Å². The van der Waals surface area contributed by atoms with E-state index in [4.69, 9.17) is 5.11 Å². The first-order valence-electron chi connectivity index (χ1n) is 11.1. The maximum atomic E-state index is 11.1. The first-order valence-corrected chi connectivity index (χ1v) is 11.1. The van der Waals surface area contributed by atoms with Crippen LogP contribution in [0.2, 0.25) is 0 Å². The SMILES string of the molecule is CCCCCCCCCCCCCCCCCCCNC(=O)CC(=O)O. The van der Waals surface area contributed by atoms with Gasteiger partial charge in [0.2, 0.25) is 5.91 Å². The van der Waals surface area contributed by atoms with E-state index in [1.165, 1.54) is 96.3 Å². The van der Waals surface area contributed by atoms with Crippen molar-refractivity contribution in [1.29, 1.82) is 0 Å². The van der Waals surface area contributed by atoms with Gasteiger partial charge >= 0.3 is 5.97 Å². The number of amides is 1. The third kappa shape index (κ3) is 21.0. The molecule has 4 nitrogen and oxygen atoms in total. The largest absolute Gasteiger partial charge is 0.481 e. The van der Waals surface area contributed by atoms with Gasteiger partial charge in [0.1, 0.15) is 6.42 Å². The van der Waals surface area contributed by atoms with E-state index in [9.17, 15) is 9.59 Å². The fraction of sp³-hybridized carbons (Fsp3) is 0.909. The standard InChI is InChI=1S/C22H43NO3/c1-2-3-4-5-6-7-8-9-10-11-12-13-14-15-16-17-18-19-23-21(24)20-22(25)26/h2-20H2,1H3,(H,23,24)(H,25,26). The second kappa shape index (κ2) is 20.3. The van der Waals surface area contributed by atoms with Crippen molar-refractivity contribution in [2.45, 2.75) is 122 Å². The van der Waals surface area contributed by atoms with Gasteiger partial charge < -0.3 is 10.4 Å². The van der Waals surface area contributed by atoms with E-state index in [1.54, 1.807) is 0 Å². The summed E-state index contributed by atoms with van der Waals surface area (Å²) < 4.78 is 0. The zero-order chi connectivity index (χ0) is 19.3. The molecule has 0 heterocycles. The maximum Gasteiger partial charge on any atom is 0.312 e. The molecule has 26 heavy (non-hydrogen) atoms. The lowest BCUT2D eigenvalue weighted by molar-refractivity contribution is -0.140. The molecule has 0 aromatic rings. The molecule has 0 bridgehead atoms. The molecule has 0 aromatic carbocycles. The van der Waals surface area contributed by atoms with E-state index >= 15 is 0 Å². The first kappa shape index (κ1) is 24.9. The summed E-state index contributed by atoms with van der Waals surface area (Å²) in [6, 6.07) is 0. The zero-order valence-electron chi connectivity index (χ0n) is 17.2. The highest BCUT2D eigenvalue weighted by molar-refractivity contribution is 5.93. The second-order valence-electron chi connectivity index (χ2n) is 7.58. The van der Waals surface area contributed by atoms with Crippen molar-refractivity contribution >= 4 is 11.9 Å². The molecule has 0 saturated carbocycles. The quantitative estimate of drug-likeness (QED) is 0.197. The predicted molar refractivity (Wildman–Crippen MR) is 109 cm³/mol. The van der Waals surface area contributed by atoms with Crippen molar-refractivity contribution in [2.24, 2.45) is 0 Å². The molecular formula is C22H43NO3. The lowest BCUT2D eigenvalue weighted by atomic mass is 10.0. The van der Waals surface area contributed by atoms with Crippen LogP contribution in [0.25, 0.3) is 0 Å². The number of aliphatic carboxylic acids is 1. The van der Waals surface area contributed by atoms with Gasteiger partial charge in [0, 0.05) is 6.54 Å². The molecule has 0 aliphatic heterocycles. The van der Waals surface area contributed by atoms with E-state index < -0.39 is 12.4 Å². The average Bonchev–Trinajstić information content (AvgIpc) is 2.60. The fourth-order valence-corrected chi connectivity index (χ4v) is 3.28. The molecule has 154 valence electrons. The molecule has 0 unspecified atom stereocenters. The van der Waals surface area contributed by atoms with Crippen LogP contribution in [0.15, 0.2) is 0 Å². The van der Waals surface area contributed by atoms with Gasteiger partial charge in [-0.15, -0.1) is 0 Å². The van der Waals surface area contributed by atoms with Crippen LogP contribution in [-0.4, -0.2) is 23.5 Å². The summed E-state index contributed by atoms with van der Waals surface area (Å²) in [6.45, 7) is 2.87. The van der Waals surface area contributed by atoms with E-state index in [2.05, 4.69) is 12.2 Å². The molecule has 0 atom stereocenters. The van der Waals surface area contributed by atoms with Crippen molar-refractivity contribution in [2.75, 3.05) is 6.54 Å². The Labute approximate surface area is 161 Å². The number of carbonyl (C=O) groups excluding carboxylic acids is 1. The highest BCUT2D eigenvalue weighted by Crippen LogP contribution is 2.13. The second-order valence-corrected chi connectivity index (χ2v) is 7.58. The van der Waals surface area contributed by atoms with Crippen LogP contribution in [0, 0.1) is 0 Å². The maximum absolute atomic E-state index is 11.1. The molecule has 0 aliphatic carbocycles. The Hall–Kier alpha value is -1.06.